The van der Waals surface area contributed by atoms with Gasteiger partial charge in [0, 0.05) is 23.6 Å². The molecule has 1 aliphatic rings. The Morgan fingerprint density at radius 2 is 1.96 bits per heavy atom. The molecule has 0 unspecified atom stereocenters. The van der Waals surface area contributed by atoms with Gasteiger partial charge in [0.1, 0.15) is 18.3 Å². The summed E-state index contributed by atoms with van der Waals surface area (Å²) in [5, 5.41) is 28.7. The van der Waals surface area contributed by atoms with Crippen molar-refractivity contribution in [2.75, 3.05) is 6.61 Å². The third kappa shape index (κ3) is 3.54. The van der Waals surface area contributed by atoms with Gasteiger partial charge in [0.2, 0.25) is 0 Å². The molecule has 0 aliphatic carbocycles. The van der Waals surface area contributed by atoms with Crippen molar-refractivity contribution in [3.8, 4) is 0 Å². The highest BCUT2D eigenvalue weighted by molar-refractivity contribution is 8.06. The van der Waals surface area contributed by atoms with Crippen LogP contribution < -0.4 is 15.9 Å². The second-order valence-electron chi connectivity index (χ2n) is 4.90. The highest BCUT2D eigenvalue weighted by Gasteiger charge is 2.44. The number of aromatic nitrogens is 2. The molecule has 130 valence electrons. The van der Waals surface area contributed by atoms with Crippen LogP contribution in [0.4, 0.5) is 0 Å². The van der Waals surface area contributed by atoms with Crippen LogP contribution in [0.5, 0.6) is 0 Å². The molecule has 1 aliphatic heterocycles. The third-order valence-corrected chi connectivity index (χ3v) is 3.80. The Hall–Kier alpha value is -1.11. The quantitative estimate of drug-likeness (QED) is 0.337. The zero-order valence-electron chi connectivity index (χ0n) is 11.7. The van der Waals surface area contributed by atoms with Crippen molar-refractivity contribution < 1.29 is 34.5 Å². The van der Waals surface area contributed by atoms with Gasteiger partial charge in [-0.15, -0.1) is 0 Å². The van der Waals surface area contributed by atoms with Crippen LogP contribution in [0, 0.1) is 6.92 Å². The predicted molar refractivity (Wildman–Crippen MR) is 78.0 cm³/mol. The average molecular weight is 370 g/mol. The summed E-state index contributed by atoms with van der Waals surface area (Å²) in [6.07, 6.45) is -4.53. The fourth-order valence-corrected chi connectivity index (χ4v) is 2.70. The van der Waals surface area contributed by atoms with Crippen LogP contribution >= 0.6 is 6.72 Å². The zero-order valence-corrected chi connectivity index (χ0v) is 13.4. The van der Waals surface area contributed by atoms with Gasteiger partial charge in [-0.25, -0.2) is 4.79 Å². The maximum Gasteiger partial charge on any atom is 0.395 e. The predicted octanol–water partition coefficient (Wildman–Crippen LogP) is -3.43. The highest BCUT2D eigenvalue weighted by Crippen LogP contribution is 2.31. The van der Waals surface area contributed by atoms with Gasteiger partial charge in [-0.1, -0.05) is 4.73 Å². The van der Waals surface area contributed by atoms with E-state index in [-0.39, 0.29) is 10.3 Å². The van der Waals surface area contributed by atoms with Crippen LogP contribution in [-0.4, -0.2) is 59.3 Å². The Morgan fingerprint density at radius 3 is 2.43 bits per heavy atom. The van der Waals surface area contributed by atoms with E-state index in [0.29, 0.717) is 0 Å². The molecule has 4 atom stereocenters. The molecule has 11 nitrogen and oxygen atoms in total. The molecule has 0 bridgehead atoms. The molecular weight excluding hydrogens is 355 g/mol. The standard InChI is InChI=1S/C10H15N2O9PS/c1-4-2-11(9-7(15)6(14)5(3-13)20-9)10(17)12(8(4)16)21-22(18,19)23/h2,5-7,9,13-15H,3H2,1H3,(H2,18,19,23)/t5-,6-,7-,9-/m1/s1. The maximum atomic E-state index is 12.3. The van der Waals surface area contributed by atoms with Crippen molar-refractivity contribution in [2.45, 2.75) is 31.5 Å². The van der Waals surface area contributed by atoms with Gasteiger partial charge in [-0.3, -0.25) is 9.36 Å². The lowest BCUT2D eigenvalue weighted by Crippen LogP contribution is -2.46. The smallest absolute Gasteiger partial charge is 0.394 e. The van der Waals surface area contributed by atoms with Crippen molar-refractivity contribution in [3.05, 3.63) is 32.6 Å². The van der Waals surface area contributed by atoms with Gasteiger partial charge in [-0.2, -0.15) is 0 Å². The minimum absolute atomic E-state index is 0.0465. The lowest BCUT2D eigenvalue weighted by atomic mass is 10.1. The Morgan fingerprint density at radius 1 is 1.35 bits per heavy atom. The van der Waals surface area contributed by atoms with Gasteiger partial charge >= 0.3 is 12.4 Å². The van der Waals surface area contributed by atoms with E-state index in [9.17, 15) is 19.8 Å². The fraction of sp³-hybridized carbons (Fsp3) is 0.600. The first kappa shape index (κ1) is 18.2. The van der Waals surface area contributed by atoms with E-state index in [1.807, 2.05) is 0 Å². The average Bonchev–Trinajstić information content (AvgIpc) is 2.74. The van der Waals surface area contributed by atoms with E-state index in [0.717, 1.165) is 10.8 Å². The molecule has 0 spiro atoms. The number of rotatable bonds is 4. The van der Waals surface area contributed by atoms with E-state index in [2.05, 4.69) is 16.4 Å². The summed E-state index contributed by atoms with van der Waals surface area (Å²) in [6.45, 7) is -3.67. The Kier molecular flexibility index (Phi) is 5.09. The van der Waals surface area contributed by atoms with Gasteiger partial charge in [0.15, 0.2) is 6.23 Å². The molecule has 0 saturated carbocycles. The van der Waals surface area contributed by atoms with E-state index in [4.69, 9.17) is 19.6 Å². The number of aryl methyl sites for hydroxylation is 1. The number of hydrogen-bond donors (Lipinski definition) is 5. The largest absolute Gasteiger partial charge is 0.395 e. The van der Waals surface area contributed by atoms with Crippen molar-refractivity contribution in [1.29, 1.82) is 0 Å². The molecule has 1 saturated heterocycles. The van der Waals surface area contributed by atoms with Gasteiger partial charge in [0.25, 0.3) is 5.56 Å². The van der Waals surface area contributed by atoms with Crippen LogP contribution in [-0.2, 0) is 16.5 Å². The van der Waals surface area contributed by atoms with Crippen LogP contribution in [0.25, 0.3) is 0 Å². The molecule has 0 amide bonds. The molecular formula is C10H15N2O9PS. The Labute approximate surface area is 133 Å². The zero-order chi connectivity index (χ0) is 17.5. The van der Waals surface area contributed by atoms with Crippen LogP contribution in [0.15, 0.2) is 15.8 Å². The molecule has 1 aromatic heterocycles. The monoisotopic (exact) mass is 370 g/mol. The number of aliphatic hydroxyl groups excluding tert-OH is 3. The second kappa shape index (κ2) is 6.42. The fourth-order valence-electron chi connectivity index (χ4n) is 2.14. The van der Waals surface area contributed by atoms with Crippen LogP contribution in [0.1, 0.15) is 11.8 Å². The first-order valence-electron chi connectivity index (χ1n) is 6.29. The van der Waals surface area contributed by atoms with Crippen molar-refractivity contribution in [2.24, 2.45) is 0 Å². The highest BCUT2D eigenvalue weighted by atomic mass is 32.5. The lowest BCUT2D eigenvalue weighted by Gasteiger charge is -2.20. The van der Waals surface area contributed by atoms with Gasteiger partial charge < -0.3 is 34.5 Å². The maximum absolute atomic E-state index is 12.3. The van der Waals surface area contributed by atoms with Crippen molar-refractivity contribution in [3.63, 3.8) is 0 Å². The van der Waals surface area contributed by atoms with E-state index >= 15 is 0 Å². The summed E-state index contributed by atoms with van der Waals surface area (Å²) < 4.78 is 10.4. The molecule has 13 heteroatoms. The molecule has 1 aromatic rings. The number of ether oxygens (including phenoxy) is 1. The van der Waals surface area contributed by atoms with Gasteiger partial charge in [0.05, 0.1) is 6.61 Å². The van der Waals surface area contributed by atoms with E-state index in [1.165, 1.54) is 6.92 Å². The van der Waals surface area contributed by atoms with Gasteiger partial charge in [-0.05, 0) is 6.92 Å². The van der Waals surface area contributed by atoms with Crippen LogP contribution in [0.2, 0.25) is 0 Å². The SMILES string of the molecule is Cc1cn([C@@H]2O[C@H](CO)[C@@H](O)[C@H]2O)c(=O)n(OP(O)(O)=S)c1=O. The summed E-state index contributed by atoms with van der Waals surface area (Å²) in [5.74, 6) is 0. The third-order valence-electron chi connectivity index (χ3n) is 3.23. The summed E-state index contributed by atoms with van der Waals surface area (Å²) in [7, 11) is 0. The number of nitrogens with zero attached hydrogens (tertiary/aromatic N) is 2. The minimum atomic E-state index is -4.37. The molecule has 2 heterocycles. The molecule has 23 heavy (non-hydrogen) atoms. The van der Waals surface area contributed by atoms with E-state index in [1.54, 1.807) is 0 Å². The Bertz CT molecular complexity index is 756. The van der Waals surface area contributed by atoms with Crippen molar-refractivity contribution in [1.82, 2.24) is 9.30 Å². The molecule has 2 rings (SSSR count). The molecule has 0 aromatic carbocycles. The summed E-state index contributed by atoms with van der Waals surface area (Å²) in [6, 6.07) is 0. The Balaban J connectivity index is 2.55. The molecule has 1 fully saturated rings. The summed E-state index contributed by atoms with van der Waals surface area (Å²) in [4.78, 5) is 42.4. The lowest BCUT2D eigenvalue weighted by molar-refractivity contribution is -0.0570. The van der Waals surface area contributed by atoms with Crippen LogP contribution in [0.3, 0.4) is 0 Å². The summed E-state index contributed by atoms with van der Waals surface area (Å²) in [5.41, 5.74) is -2.23. The minimum Gasteiger partial charge on any atom is -0.394 e. The number of hydrogen-bond acceptors (Lipinski definition) is 8. The van der Waals surface area contributed by atoms with Crippen molar-refractivity contribution >= 4 is 18.5 Å². The molecule has 5 N–H and O–H groups in total. The summed E-state index contributed by atoms with van der Waals surface area (Å²) >= 11 is 4.23. The van der Waals surface area contributed by atoms with E-state index < -0.39 is 49.1 Å². The normalized spacial score (nSPS) is 28.1. The molecule has 0 radical (unpaired) electrons. The second-order valence-corrected chi connectivity index (χ2v) is 7.47. The first-order valence-corrected chi connectivity index (χ1v) is 8.92. The first-order chi connectivity index (χ1) is 10.6. The number of aliphatic hydroxyl groups is 3. The topological polar surface area (TPSA) is 164 Å².